The number of hydrogen-bond donors (Lipinski definition) is 0. The first-order valence-corrected chi connectivity index (χ1v) is 6.47. The first kappa shape index (κ1) is 10.9. The lowest BCUT2D eigenvalue weighted by molar-refractivity contribution is 0.0981. The van der Waals surface area contributed by atoms with Gasteiger partial charge in [-0.3, -0.25) is 4.79 Å². The van der Waals surface area contributed by atoms with Crippen LogP contribution in [-0.4, -0.2) is 15.8 Å². The smallest absolute Gasteiger partial charge is 0.166 e. The number of fused-ring (bicyclic) bond motifs is 1. The molecule has 0 spiro atoms. The normalized spacial score (nSPS) is 26.2. The second-order valence-electron chi connectivity index (χ2n) is 5.96. The monoisotopic (exact) mass is 230 g/mol. The molecule has 0 aromatic carbocycles. The third kappa shape index (κ3) is 1.88. The summed E-state index contributed by atoms with van der Waals surface area (Å²) < 4.78 is 0. The van der Waals surface area contributed by atoms with Crippen molar-refractivity contribution in [3.63, 3.8) is 0 Å². The molecule has 17 heavy (non-hydrogen) atoms. The number of aromatic nitrogens is 2. The predicted octanol–water partition coefficient (Wildman–Crippen LogP) is 2.90. The Labute approximate surface area is 102 Å². The largest absolute Gasteiger partial charge is 0.294 e. The first-order valence-electron chi connectivity index (χ1n) is 6.47. The summed E-state index contributed by atoms with van der Waals surface area (Å²) in [7, 11) is 0. The van der Waals surface area contributed by atoms with Crippen LogP contribution in [0.4, 0.5) is 0 Å². The van der Waals surface area contributed by atoms with E-state index in [-0.39, 0.29) is 5.78 Å². The zero-order chi connectivity index (χ0) is 12.0. The number of hydrogen-bond acceptors (Lipinski definition) is 3. The van der Waals surface area contributed by atoms with Crippen LogP contribution in [0.15, 0.2) is 6.20 Å². The molecular formula is C14H18N2O. The molecule has 3 nitrogen and oxygen atoms in total. The highest BCUT2D eigenvalue weighted by Gasteiger charge is 2.48. The Kier molecular flexibility index (Phi) is 2.32. The number of nitrogens with zero attached hydrogens (tertiary/aromatic N) is 2. The van der Waals surface area contributed by atoms with Crippen molar-refractivity contribution in [1.29, 1.82) is 0 Å². The summed E-state index contributed by atoms with van der Waals surface area (Å²) in [6, 6.07) is 0. The number of carbonyl (C=O) groups excluding carboxylic acids is 1. The minimum absolute atomic E-state index is 0.221. The van der Waals surface area contributed by atoms with Crippen LogP contribution < -0.4 is 0 Å². The van der Waals surface area contributed by atoms with Crippen LogP contribution in [-0.2, 0) is 6.42 Å². The minimum atomic E-state index is 0.221. The van der Waals surface area contributed by atoms with Gasteiger partial charge >= 0.3 is 0 Å². The molecule has 1 heterocycles. The molecule has 2 aliphatic carbocycles. The Morgan fingerprint density at radius 3 is 2.71 bits per heavy atom. The van der Waals surface area contributed by atoms with E-state index >= 15 is 0 Å². The van der Waals surface area contributed by atoms with Crippen molar-refractivity contribution in [3.05, 3.63) is 23.3 Å². The van der Waals surface area contributed by atoms with Gasteiger partial charge in [0, 0.05) is 18.5 Å². The third-order valence-corrected chi connectivity index (χ3v) is 4.08. The van der Waals surface area contributed by atoms with Gasteiger partial charge in [-0.15, -0.1) is 0 Å². The molecule has 0 bridgehead atoms. The maximum atomic E-state index is 11.8. The van der Waals surface area contributed by atoms with Crippen molar-refractivity contribution in [2.24, 2.45) is 5.41 Å². The van der Waals surface area contributed by atoms with E-state index in [1.807, 2.05) is 0 Å². The van der Waals surface area contributed by atoms with E-state index in [0.29, 0.717) is 17.8 Å². The van der Waals surface area contributed by atoms with Crippen molar-refractivity contribution in [2.75, 3.05) is 0 Å². The number of ketones is 1. The van der Waals surface area contributed by atoms with Gasteiger partial charge in [0.25, 0.3) is 0 Å². The summed E-state index contributed by atoms with van der Waals surface area (Å²) in [6.45, 7) is 4.50. The van der Waals surface area contributed by atoms with Gasteiger partial charge in [0.05, 0.1) is 11.3 Å². The van der Waals surface area contributed by atoms with Crippen LogP contribution in [0, 0.1) is 5.41 Å². The zero-order valence-corrected chi connectivity index (χ0v) is 10.5. The standard InChI is InChI=1S/C14H18N2O/c1-14(2)7-10(14)13-15-8-9-11(16-13)5-3-4-6-12(9)17/h8,10H,3-7H2,1-2H3. The van der Waals surface area contributed by atoms with Crippen molar-refractivity contribution in [1.82, 2.24) is 9.97 Å². The highest BCUT2D eigenvalue weighted by molar-refractivity contribution is 5.97. The van der Waals surface area contributed by atoms with Crippen LogP contribution in [0.5, 0.6) is 0 Å². The number of aryl methyl sites for hydroxylation is 1. The van der Waals surface area contributed by atoms with Gasteiger partial charge in [-0.1, -0.05) is 13.8 Å². The zero-order valence-electron chi connectivity index (χ0n) is 10.5. The molecule has 0 amide bonds. The summed E-state index contributed by atoms with van der Waals surface area (Å²) in [6.07, 6.45) is 6.58. The average Bonchev–Trinajstić information content (AvgIpc) is 2.97. The lowest BCUT2D eigenvalue weighted by Gasteiger charge is -2.07. The second kappa shape index (κ2) is 3.62. The van der Waals surface area contributed by atoms with Crippen molar-refractivity contribution < 1.29 is 4.79 Å². The van der Waals surface area contributed by atoms with Crippen LogP contribution in [0.3, 0.4) is 0 Å². The Bertz CT molecular complexity index is 479. The van der Waals surface area contributed by atoms with Crippen LogP contribution >= 0.6 is 0 Å². The van der Waals surface area contributed by atoms with Crippen molar-refractivity contribution in [3.8, 4) is 0 Å². The molecule has 3 heteroatoms. The van der Waals surface area contributed by atoms with E-state index in [4.69, 9.17) is 0 Å². The molecule has 0 aliphatic heterocycles. The molecule has 3 rings (SSSR count). The molecule has 1 aromatic rings. The Hall–Kier alpha value is -1.25. The van der Waals surface area contributed by atoms with E-state index in [0.717, 1.165) is 36.3 Å². The second-order valence-corrected chi connectivity index (χ2v) is 5.96. The molecular weight excluding hydrogens is 212 g/mol. The number of rotatable bonds is 1. The van der Waals surface area contributed by atoms with Gasteiger partial charge < -0.3 is 0 Å². The van der Waals surface area contributed by atoms with E-state index in [9.17, 15) is 4.79 Å². The fourth-order valence-corrected chi connectivity index (χ4v) is 2.64. The number of Topliss-reactive ketones (excluding diaryl/α,β-unsaturated/α-hetero) is 1. The predicted molar refractivity (Wildman–Crippen MR) is 65.1 cm³/mol. The molecule has 1 atom stereocenters. The topological polar surface area (TPSA) is 42.9 Å². The fraction of sp³-hybridized carbons (Fsp3) is 0.643. The molecule has 90 valence electrons. The van der Waals surface area contributed by atoms with Gasteiger partial charge in [0.2, 0.25) is 0 Å². The molecule has 0 saturated heterocycles. The Morgan fingerprint density at radius 1 is 1.29 bits per heavy atom. The summed E-state index contributed by atoms with van der Waals surface area (Å²) >= 11 is 0. The molecule has 1 fully saturated rings. The van der Waals surface area contributed by atoms with Gasteiger partial charge in [-0.05, 0) is 31.1 Å². The van der Waals surface area contributed by atoms with Crippen LogP contribution in [0.25, 0.3) is 0 Å². The van der Waals surface area contributed by atoms with Gasteiger partial charge in [-0.25, -0.2) is 9.97 Å². The quantitative estimate of drug-likeness (QED) is 0.697. The summed E-state index contributed by atoms with van der Waals surface area (Å²) in [5, 5.41) is 0. The van der Waals surface area contributed by atoms with E-state index in [1.54, 1.807) is 6.20 Å². The maximum absolute atomic E-state index is 11.8. The molecule has 0 radical (unpaired) electrons. The molecule has 2 aliphatic rings. The lowest BCUT2D eigenvalue weighted by Crippen LogP contribution is -2.07. The van der Waals surface area contributed by atoms with Crippen molar-refractivity contribution >= 4 is 5.78 Å². The SMILES string of the molecule is CC1(C)CC1c1ncc2c(n1)CCCCC2=O. The van der Waals surface area contributed by atoms with E-state index < -0.39 is 0 Å². The van der Waals surface area contributed by atoms with Crippen molar-refractivity contribution in [2.45, 2.75) is 51.9 Å². The summed E-state index contributed by atoms with van der Waals surface area (Å²) in [5.74, 6) is 1.66. The van der Waals surface area contributed by atoms with Gasteiger partial charge in [0.15, 0.2) is 5.78 Å². The van der Waals surface area contributed by atoms with E-state index in [2.05, 4.69) is 23.8 Å². The molecule has 1 aromatic heterocycles. The summed E-state index contributed by atoms with van der Waals surface area (Å²) in [4.78, 5) is 20.9. The van der Waals surface area contributed by atoms with Gasteiger partial charge in [-0.2, -0.15) is 0 Å². The summed E-state index contributed by atoms with van der Waals surface area (Å²) in [5.41, 5.74) is 2.10. The molecule has 0 N–H and O–H groups in total. The number of carbonyl (C=O) groups is 1. The highest BCUT2D eigenvalue weighted by atomic mass is 16.1. The fourth-order valence-electron chi connectivity index (χ4n) is 2.64. The Morgan fingerprint density at radius 2 is 2.00 bits per heavy atom. The third-order valence-electron chi connectivity index (χ3n) is 4.08. The highest BCUT2D eigenvalue weighted by Crippen LogP contribution is 2.57. The minimum Gasteiger partial charge on any atom is -0.294 e. The van der Waals surface area contributed by atoms with E-state index in [1.165, 1.54) is 6.42 Å². The first-order chi connectivity index (χ1) is 8.08. The lowest BCUT2D eigenvalue weighted by atomic mass is 10.1. The molecule has 1 unspecified atom stereocenters. The Balaban J connectivity index is 1.96. The van der Waals surface area contributed by atoms with Crippen LogP contribution in [0.2, 0.25) is 0 Å². The van der Waals surface area contributed by atoms with Crippen LogP contribution in [0.1, 0.15) is 67.3 Å². The maximum Gasteiger partial charge on any atom is 0.166 e. The van der Waals surface area contributed by atoms with Gasteiger partial charge in [0.1, 0.15) is 5.82 Å². The molecule has 1 saturated carbocycles. The average molecular weight is 230 g/mol.